The number of hydrogen-bond donors (Lipinski definition) is 2. The monoisotopic (exact) mass is 266 g/mol. The maximum atomic E-state index is 5.54. The normalized spacial score (nSPS) is 18.3. The van der Waals surface area contributed by atoms with Crippen molar-refractivity contribution in [2.24, 2.45) is 0 Å². The summed E-state index contributed by atoms with van der Waals surface area (Å²) in [7, 11) is 0. The molecule has 0 fully saturated rings. The summed E-state index contributed by atoms with van der Waals surface area (Å²) in [5, 5.41) is 4.93. The summed E-state index contributed by atoms with van der Waals surface area (Å²) >= 11 is 0. The van der Waals surface area contributed by atoms with E-state index in [1.807, 2.05) is 12.5 Å². The minimum absolute atomic E-state index is 0.428. The molecule has 3 heteroatoms. The minimum Gasteiger partial charge on any atom is -0.469 e. The third-order valence-corrected chi connectivity index (χ3v) is 4.22. The Morgan fingerprint density at radius 2 is 2.25 bits per heavy atom. The van der Waals surface area contributed by atoms with Gasteiger partial charge in [-0.15, -0.1) is 0 Å². The van der Waals surface area contributed by atoms with Crippen molar-refractivity contribution in [2.75, 3.05) is 0 Å². The number of fused-ring (bicyclic) bond motifs is 2. The van der Waals surface area contributed by atoms with Crippen LogP contribution in [0, 0.1) is 0 Å². The van der Waals surface area contributed by atoms with Gasteiger partial charge < -0.3 is 14.7 Å². The van der Waals surface area contributed by atoms with Crippen molar-refractivity contribution in [1.29, 1.82) is 0 Å². The second-order valence-electron chi connectivity index (χ2n) is 5.52. The highest BCUT2D eigenvalue weighted by molar-refractivity contribution is 5.79. The lowest BCUT2D eigenvalue weighted by Crippen LogP contribution is -2.23. The van der Waals surface area contributed by atoms with Crippen LogP contribution in [-0.4, -0.2) is 4.98 Å². The third-order valence-electron chi connectivity index (χ3n) is 4.22. The molecule has 0 aliphatic heterocycles. The Morgan fingerprint density at radius 3 is 3.25 bits per heavy atom. The zero-order valence-corrected chi connectivity index (χ0v) is 11.4. The van der Waals surface area contributed by atoms with Gasteiger partial charge in [-0.05, 0) is 42.0 Å². The average Bonchev–Trinajstić information content (AvgIpc) is 3.13. The van der Waals surface area contributed by atoms with Gasteiger partial charge in [0.2, 0.25) is 0 Å². The van der Waals surface area contributed by atoms with E-state index in [2.05, 4.69) is 40.6 Å². The van der Waals surface area contributed by atoms with Crippen LogP contribution in [0.1, 0.15) is 35.8 Å². The molecule has 3 nitrogen and oxygen atoms in total. The van der Waals surface area contributed by atoms with Crippen LogP contribution in [0.5, 0.6) is 0 Å². The van der Waals surface area contributed by atoms with Gasteiger partial charge in [-0.2, -0.15) is 0 Å². The van der Waals surface area contributed by atoms with E-state index in [1.165, 1.54) is 34.9 Å². The summed E-state index contributed by atoms with van der Waals surface area (Å²) in [5.74, 6) is 1.16. The number of benzene rings is 1. The van der Waals surface area contributed by atoms with Crippen LogP contribution in [0.2, 0.25) is 0 Å². The molecule has 3 aromatic rings. The van der Waals surface area contributed by atoms with Crippen molar-refractivity contribution in [1.82, 2.24) is 10.3 Å². The fourth-order valence-corrected chi connectivity index (χ4v) is 3.14. The van der Waals surface area contributed by atoms with Gasteiger partial charge in [-0.1, -0.05) is 12.1 Å². The topological polar surface area (TPSA) is 41.0 Å². The minimum atomic E-state index is 0.428. The largest absolute Gasteiger partial charge is 0.469 e. The van der Waals surface area contributed by atoms with Crippen molar-refractivity contribution in [3.8, 4) is 0 Å². The van der Waals surface area contributed by atoms with E-state index >= 15 is 0 Å². The molecule has 1 aliphatic rings. The van der Waals surface area contributed by atoms with Crippen LogP contribution in [0.4, 0.5) is 0 Å². The zero-order valence-electron chi connectivity index (χ0n) is 11.4. The first-order valence-electron chi connectivity index (χ1n) is 7.26. The smallest absolute Gasteiger partial charge is 0.108 e. The Balaban J connectivity index is 1.51. The maximum absolute atomic E-state index is 5.54. The van der Waals surface area contributed by atoms with Crippen LogP contribution < -0.4 is 5.32 Å². The van der Waals surface area contributed by atoms with Crippen LogP contribution in [-0.2, 0) is 13.0 Å². The number of furan rings is 1. The number of aromatic nitrogens is 1. The molecule has 1 aromatic carbocycles. The van der Waals surface area contributed by atoms with Gasteiger partial charge in [0.25, 0.3) is 0 Å². The van der Waals surface area contributed by atoms with Crippen LogP contribution >= 0.6 is 0 Å². The predicted octanol–water partition coefficient (Wildman–Crippen LogP) is 3.93. The van der Waals surface area contributed by atoms with Crippen LogP contribution in [0.3, 0.4) is 0 Å². The number of nitrogens with one attached hydrogen (secondary N) is 2. The Kier molecular flexibility index (Phi) is 2.85. The molecule has 0 amide bonds. The molecule has 0 bridgehead atoms. The van der Waals surface area contributed by atoms with Gasteiger partial charge in [0, 0.05) is 36.3 Å². The fraction of sp³-hybridized carbons (Fsp3) is 0.294. The molecule has 1 atom stereocenters. The molecule has 0 radical (unpaired) electrons. The Labute approximate surface area is 118 Å². The van der Waals surface area contributed by atoms with Gasteiger partial charge >= 0.3 is 0 Å². The van der Waals surface area contributed by atoms with E-state index < -0.39 is 0 Å². The van der Waals surface area contributed by atoms with Crippen LogP contribution in [0.25, 0.3) is 10.9 Å². The maximum Gasteiger partial charge on any atom is 0.108 e. The van der Waals surface area contributed by atoms with Gasteiger partial charge in [0.15, 0.2) is 0 Å². The standard InChI is InChI=1S/C17H18N2O/c1-2-15(14-7-9-20-17(14)3-1)19-11-12-4-5-13-6-8-18-16(13)10-12/h4-10,15,18-19H,1-3,11H2. The lowest BCUT2D eigenvalue weighted by molar-refractivity contribution is 0.411. The van der Waals surface area contributed by atoms with Crippen LogP contribution in [0.15, 0.2) is 47.2 Å². The average molecular weight is 266 g/mol. The van der Waals surface area contributed by atoms with Crippen molar-refractivity contribution in [3.05, 3.63) is 59.7 Å². The molecule has 2 N–H and O–H groups in total. The van der Waals surface area contributed by atoms with Gasteiger partial charge in [-0.25, -0.2) is 0 Å². The van der Waals surface area contributed by atoms with Crippen molar-refractivity contribution in [2.45, 2.75) is 31.8 Å². The molecular weight excluding hydrogens is 248 g/mol. The van der Waals surface area contributed by atoms with E-state index in [0.29, 0.717) is 6.04 Å². The van der Waals surface area contributed by atoms with E-state index in [-0.39, 0.29) is 0 Å². The second kappa shape index (κ2) is 4.84. The summed E-state index contributed by atoms with van der Waals surface area (Å²) in [6.45, 7) is 0.893. The molecule has 4 rings (SSSR count). The summed E-state index contributed by atoms with van der Waals surface area (Å²) in [6, 6.07) is 11.2. The summed E-state index contributed by atoms with van der Waals surface area (Å²) in [4.78, 5) is 3.27. The highest BCUT2D eigenvalue weighted by Gasteiger charge is 2.21. The predicted molar refractivity (Wildman–Crippen MR) is 79.5 cm³/mol. The third kappa shape index (κ3) is 2.04. The SMILES string of the molecule is c1cc2ccc(CNC3CCCc4occc43)cc2[nH]1. The highest BCUT2D eigenvalue weighted by Crippen LogP contribution is 2.30. The molecule has 0 saturated carbocycles. The summed E-state index contributed by atoms with van der Waals surface area (Å²) < 4.78 is 5.54. The first-order valence-corrected chi connectivity index (χ1v) is 7.26. The lowest BCUT2D eigenvalue weighted by atomic mass is 9.93. The summed E-state index contributed by atoms with van der Waals surface area (Å²) in [6.07, 6.45) is 7.27. The molecule has 2 heterocycles. The number of H-pyrrole nitrogens is 1. The molecule has 0 saturated heterocycles. The highest BCUT2D eigenvalue weighted by atomic mass is 16.3. The number of hydrogen-bond acceptors (Lipinski definition) is 2. The molecular formula is C17H18N2O. The van der Waals surface area contributed by atoms with Crippen molar-refractivity contribution in [3.63, 3.8) is 0 Å². The Morgan fingerprint density at radius 1 is 1.25 bits per heavy atom. The Bertz CT molecular complexity index is 725. The van der Waals surface area contributed by atoms with E-state index in [9.17, 15) is 0 Å². The molecule has 20 heavy (non-hydrogen) atoms. The van der Waals surface area contributed by atoms with E-state index in [0.717, 1.165) is 18.7 Å². The molecule has 2 aromatic heterocycles. The summed E-state index contributed by atoms with van der Waals surface area (Å²) in [5.41, 5.74) is 3.87. The fourth-order valence-electron chi connectivity index (χ4n) is 3.14. The molecule has 0 spiro atoms. The number of rotatable bonds is 3. The quantitative estimate of drug-likeness (QED) is 0.754. The lowest BCUT2D eigenvalue weighted by Gasteiger charge is -2.22. The molecule has 1 unspecified atom stereocenters. The second-order valence-corrected chi connectivity index (χ2v) is 5.52. The van der Waals surface area contributed by atoms with E-state index in [4.69, 9.17) is 4.42 Å². The van der Waals surface area contributed by atoms with Crippen molar-refractivity contribution >= 4 is 10.9 Å². The molecule has 102 valence electrons. The van der Waals surface area contributed by atoms with Gasteiger partial charge in [0.05, 0.1) is 6.26 Å². The zero-order chi connectivity index (χ0) is 13.4. The Hall–Kier alpha value is -2.00. The number of aromatic amines is 1. The van der Waals surface area contributed by atoms with E-state index in [1.54, 1.807) is 0 Å². The van der Waals surface area contributed by atoms with Gasteiger partial charge in [0.1, 0.15) is 5.76 Å². The first-order chi connectivity index (χ1) is 9.90. The van der Waals surface area contributed by atoms with Crippen molar-refractivity contribution < 1.29 is 4.42 Å². The first kappa shape index (κ1) is 11.8. The van der Waals surface area contributed by atoms with Gasteiger partial charge in [-0.3, -0.25) is 0 Å². The number of aryl methyl sites for hydroxylation is 1. The molecule has 1 aliphatic carbocycles.